The van der Waals surface area contributed by atoms with Crippen LogP contribution in [0.1, 0.15) is 38.5 Å². The molecule has 2 aliphatic heterocycles. The van der Waals surface area contributed by atoms with Crippen LogP contribution in [0, 0.1) is 0 Å². The van der Waals surface area contributed by atoms with Gasteiger partial charge in [0.2, 0.25) is 0 Å². The monoisotopic (exact) mass is 256 g/mol. The fourth-order valence-corrected chi connectivity index (χ4v) is 2.97. The van der Waals surface area contributed by atoms with E-state index in [1.807, 2.05) is 7.05 Å². The van der Waals surface area contributed by atoms with Crippen molar-refractivity contribution >= 4 is 0 Å². The highest BCUT2D eigenvalue weighted by molar-refractivity contribution is 4.78. The van der Waals surface area contributed by atoms with Crippen molar-refractivity contribution < 1.29 is 9.47 Å². The van der Waals surface area contributed by atoms with Gasteiger partial charge in [-0.05, 0) is 45.7 Å². The van der Waals surface area contributed by atoms with Gasteiger partial charge in [-0.1, -0.05) is 6.42 Å². The lowest BCUT2D eigenvalue weighted by Gasteiger charge is -2.36. The van der Waals surface area contributed by atoms with E-state index in [0.29, 0.717) is 6.04 Å². The molecule has 0 amide bonds. The van der Waals surface area contributed by atoms with E-state index >= 15 is 0 Å². The van der Waals surface area contributed by atoms with Gasteiger partial charge in [0, 0.05) is 25.7 Å². The van der Waals surface area contributed by atoms with E-state index in [-0.39, 0.29) is 6.29 Å². The molecule has 0 bridgehead atoms. The van der Waals surface area contributed by atoms with Gasteiger partial charge in [-0.15, -0.1) is 0 Å². The summed E-state index contributed by atoms with van der Waals surface area (Å²) < 4.78 is 11.4. The number of rotatable bonds is 6. The molecule has 4 nitrogen and oxygen atoms in total. The zero-order valence-electron chi connectivity index (χ0n) is 11.7. The second-order valence-electron chi connectivity index (χ2n) is 5.41. The van der Waals surface area contributed by atoms with Crippen molar-refractivity contribution in [2.45, 2.75) is 50.9 Å². The van der Waals surface area contributed by atoms with Gasteiger partial charge < -0.3 is 14.8 Å². The summed E-state index contributed by atoms with van der Waals surface area (Å²) >= 11 is 0. The molecule has 2 atom stereocenters. The summed E-state index contributed by atoms with van der Waals surface area (Å²) in [5.74, 6) is 0. The van der Waals surface area contributed by atoms with Crippen molar-refractivity contribution in [3.05, 3.63) is 0 Å². The van der Waals surface area contributed by atoms with Crippen LogP contribution in [0.4, 0.5) is 0 Å². The SMILES string of the molecule is CNCC1CCCCN1CCOC1CCCCO1. The van der Waals surface area contributed by atoms with Gasteiger partial charge in [0.15, 0.2) is 6.29 Å². The topological polar surface area (TPSA) is 33.7 Å². The fourth-order valence-electron chi connectivity index (χ4n) is 2.97. The Morgan fingerprint density at radius 1 is 1.22 bits per heavy atom. The third kappa shape index (κ3) is 4.50. The average molecular weight is 256 g/mol. The van der Waals surface area contributed by atoms with Gasteiger partial charge in [0.1, 0.15) is 0 Å². The number of hydrogen-bond donors (Lipinski definition) is 1. The fraction of sp³-hybridized carbons (Fsp3) is 1.00. The van der Waals surface area contributed by atoms with Crippen LogP contribution in [-0.4, -0.2) is 57.1 Å². The molecular weight excluding hydrogens is 228 g/mol. The summed E-state index contributed by atoms with van der Waals surface area (Å²) in [6, 6.07) is 0.694. The van der Waals surface area contributed by atoms with Crippen molar-refractivity contribution in [1.29, 1.82) is 0 Å². The van der Waals surface area contributed by atoms with E-state index in [1.54, 1.807) is 0 Å². The second-order valence-corrected chi connectivity index (χ2v) is 5.41. The van der Waals surface area contributed by atoms with E-state index in [1.165, 1.54) is 38.6 Å². The van der Waals surface area contributed by atoms with Gasteiger partial charge in [-0.25, -0.2) is 0 Å². The van der Waals surface area contributed by atoms with Crippen molar-refractivity contribution in [1.82, 2.24) is 10.2 Å². The van der Waals surface area contributed by atoms with Gasteiger partial charge in [0.25, 0.3) is 0 Å². The number of likely N-dealkylation sites (tertiary alicyclic amines) is 1. The van der Waals surface area contributed by atoms with E-state index < -0.39 is 0 Å². The molecule has 0 aromatic heterocycles. The Bertz CT molecular complexity index is 218. The maximum Gasteiger partial charge on any atom is 0.157 e. The van der Waals surface area contributed by atoms with Gasteiger partial charge in [-0.3, -0.25) is 4.90 Å². The lowest BCUT2D eigenvalue weighted by Crippen LogP contribution is -2.46. The molecule has 2 rings (SSSR count). The lowest BCUT2D eigenvalue weighted by molar-refractivity contribution is -0.165. The number of piperidine rings is 1. The Morgan fingerprint density at radius 3 is 2.89 bits per heavy atom. The van der Waals surface area contributed by atoms with Crippen molar-refractivity contribution in [3.8, 4) is 0 Å². The zero-order chi connectivity index (χ0) is 12.6. The van der Waals surface area contributed by atoms with Crippen LogP contribution in [-0.2, 0) is 9.47 Å². The van der Waals surface area contributed by atoms with Crippen LogP contribution >= 0.6 is 0 Å². The molecule has 0 spiro atoms. The maximum atomic E-state index is 5.83. The van der Waals surface area contributed by atoms with Gasteiger partial charge >= 0.3 is 0 Å². The molecule has 18 heavy (non-hydrogen) atoms. The van der Waals surface area contributed by atoms with Crippen LogP contribution in [0.25, 0.3) is 0 Å². The Balaban J connectivity index is 1.64. The average Bonchev–Trinajstić information content (AvgIpc) is 2.42. The number of hydrogen-bond acceptors (Lipinski definition) is 4. The van der Waals surface area contributed by atoms with Crippen LogP contribution < -0.4 is 5.32 Å². The molecule has 1 N–H and O–H groups in total. The van der Waals surface area contributed by atoms with E-state index in [9.17, 15) is 0 Å². The van der Waals surface area contributed by atoms with Crippen LogP contribution in [0.3, 0.4) is 0 Å². The third-order valence-corrected chi connectivity index (χ3v) is 4.01. The summed E-state index contributed by atoms with van der Waals surface area (Å²) in [7, 11) is 2.04. The normalized spacial score (nSPS) is 30.5. The predicted molar refractivity (Wildman–Crippen MR) is 72.7 cm³/mol. The molecule has 0 saturated carbocycles. The number of nitrogens with zero attached hydrogens (tertiary/aromatic N) is 1. The minimum Gasteiger partial charge on any atom is -0.353 e. The van der Waals surface area contributed by atoms with Crippen molar-refractivity contribution in [2.75, 3.05) is 39.9 Å². The minimum atomic E-state index is 0.0614. The Labute approximate surface area is 111 Å². The second kappa shape index (κ2) is 8.10. The first kappa shape index (κ1) is 14.3. The Morgan fingerprint density at radius 2 is 2.11 bits per heavy atom. The third-order valence-electron chi connectivity index (χ3n) is 4.01. The molecule has 106 valence electrons. The number of likely N-dealkylation sites (N-methyl/N-ethyl adjacent to an activating group) is 1. The van der Waals surface area contributed by atoms with Crippen molar-refractivity contribution in [2.24, 2.45) is 0 Å². The minimum absolute atomic E-state index is 0.0614. The highest BCUT2D eigenvalue weighted by atomic mass is 16.7. The van der Waals surface area contributed by atoms with Gasteiger partial charge in [0.05, 0.1) is 6.61 Å². The maximum absolute atomic E-state index is 5.83. The summed E-state index contributed by atoms with van der Waals surface area (Å²) in [6.07, 6.45) is 7.59. The zero-order valence-corrected chi connectivity index (χ0v) is 11.7. The molecule has 0 aromatic carbocycles. The quantitative estimate of drug-likeness (QED) is 0.783. The summed E-state index contributed by atoms with van der Waals surface area (Å²) in [5.41, 5.74) is 0. The highest BCUT2D eigenvalue weighted by Gasteiger charge is 2.22. The van der Waals surface area contributed by atoms with E-state index in [0.717, 1.165) is 32.7 Å². The summed E-state index contributed by atoms with van der Waals surface area (Å²) in [4.78, 5) is 2.57. The molecule has 2 saturated heterocycles. The first-order chi connectivity index (χ1) is 8.90. The molecule has 0 aliphatic carbocycles. The standard InChI is InChI=1S/C14H28N2O2/c1-15-12-13-6-2-4-8-16(13)9-11-18-14-7-3-5-10-17-14/h13-15H,2-12H2,1H3. The molecule has 2 aliphatic rings. The van der Waals surface area contributed by atoms with Crippen LogP contribution in [0.2, 0.25) is 0 Å². The largest absolute Gasteiger partial charge is 0.353 e. The molecular formula is C14H28N2O2. The predicted octanol–water partition coefficient (Wildman–Crippen LogP) is 1.60. The Hall–Kier alpha value is -0.160. The smallest absolute Gasteiger partial charge is 0.157 e. The number of ether oxygens (including phenoxy) is 2. The molecule has 2 fully saturated rings. The first-order valence-electron chi connectivity index (χ1n) is 7.52. The van der Waals surface area contributed by atoms with Gasteiger partial charge in [-0.2, -0.15) is 0 Å². The van der Waals surface area contributed by atoms with E-state index in [4.69, 9.17) is 9.47 Å². The van der Waals surface area contributed by atoms with Crippen molar-refractivity contribution in [3.63, 3.8) is 0 Å². The first-order valence-corrected chi connectivity index (χ1v) is 7.52. The lowest BCUT2D eigenvalue weighted by atomic mass is 10.0. The molecule has 0 aromatic rings. The summed E-state index contributed by atoms with van der Waals surface area (Å²) in [6.45, 7) is 5.05. The highest BCUT2D eigenvalue weighted by Crippen LogP contribution is 2.17. The number of nitrogens with one attached hydrogen (secondary N) is 1. The van der Waals surface area contributed by atoms with Crippen LogP contribution in [0.15, 0.2) is 0 Å². The van der Waals surface area contributed by atoms with Crippen LogP contribution in [0.5, 0.6) is 0 Å². The molecule has 0 radical (unpaired) electrons. The van der Waals surface area contributed by atoms with E-state index in [2.05, 4.69) is 10.2 Å². The molecule has 2 unspecified atom stereocenters. The molecule has 2 heterocycles. The Kier molecular flexibility index (Phi) is 6.41. The summed E-state index contributed by atoms with van der Waals surface area (Å²) in [5, 5.41) is 3.30. The molecule has 4 heteroatoms.